The maximum Gasteiger partial charge on any atom is 0.0225 e. The minimum absolute atomic E-state index is 0.262. The van der Waals surface area contributed by atoms with Crippen LogP contribution in [-0.4, -0.2) is 0 Å². The summed E-state index contributed by atoms with van der Waals surface area (Å²) >= 11 is 1.98. The third-order valence-corrected chi connectivity index (χ3v) is 6.92. The van der Waals surface area contributed by atoms with Crippen molar-refractivity contribution in [3.05, 3.63) is 59.2 Å². The molecule has 23 heavy (non-hydrogen) atoms. The molecule has 0 radical (unpaired) electrons. The zero-order valence-corrected chi connectivity index (χ0v) is 15.1. The molecule has 2 aliphatic rings. The number of fused-ring (bicyclic) bond motifs is 4. The highest BCUT2D eigenvalue weighted by molar-refractivity contribution is 7.99. The van der Waals surface area contributed by atoms with Crippen LogP contribution in [0.5, 0.6) is 0 Å². The van der Waals surface area contributed by atoms with Crippen LogP contribution in [0, 0.1) is 0 Å². The zero-order chi connectivity index (χ0) is 15.9. The molecular formula is C22H26S. The first kappa shape index (κ1) is 15.3. The van der Waals surface area contributed by atoms with Crippen LogP contribution >= 0.6 is 11.8 Å². The predicted molar refractivity (Wildman–Crippen MR) is 99.6 cm³/mol. The smallest absolute Gasteiger partial charge is 0.0225 e. The van der Waals surface area contributed by atoms with E-state index in [-0.39, 0.29) is 5.41 Å². The van der Waals surface area contributed by atoms with E-state index in [4.69, 9.17) is 0 Å². The molecule has 0 aromatic heterocycles. The molecule has 0 saturated heterocycles. The first-order valence-corrected chi connectivity index (χ1v) is 9.94. The van der Waals surface area contributed by atoms with Crippen molar-refractivity contribution in [1.82, 2.24) is 0 Å². The van der Waals surface area contributed by atoms with Crippen molar-refractivity contribution in [1.29, 1.82) is 0 Å². The highest BCUT2D eigenvalue weighted by atomic mass is 32.2. The van der Waals surface area contributed by atoms with Crippen LogP contribution in [0.2, 0.25) is 0 Å². The second kappa shape index (κ2) is 6.02. The number of benzene rings is 2. The highest BCUT2D eigenvalue weighted by Gasteiger charge is 2.41. The Hall–Kier alpha value is -1.21. The normalized spacial score (nSPS) is 19.3. The Morgan fingerprint density at radius 2 is 1.52 bits per heavy atom. The van der Waals surface area contributed by atoms with Crippen LogP contribution in [0.25, 0.3) is 0 Å². The van der Waals surface area contributed by atoms with E-state index in [2.05, 4.69) is 56.3 Å². The Morgan fingerprint density at radius 1 is 0.826 bits per heavy atom. The van der Waals surface area contributed by atoms with Crippen molar-refractivity contribution >= 4 is 11.8 Å². The van der Waals surface area contributed by atoms with Crippen LogP contribution < -0.4 is 0 Å². The lowest BCUT2D eigenvalue weighted by Crippen LogP contribution is -2.31. The lowest BCUT2D eigenvalue weighted by atomic mass is 9.68. The second-order valence-corrected chi connectivity index (χ2v) is 8.59. The molecule has 120 valence electrons. The fourth-order valence-corrected chi connectivity index (χ4v) is 5.71. The molecule has 1 heterocycles. The summed E-state index contributed by atoms with van der Waals surface area (Å²) in [4.78, 5) is 2.98. The van der Waals surface area contributed by atoms with Crippen LogP contribution in [-0.2, 0) is 5.41 Å². The van der Waals surface area contributed by atoms with Crippen molar-refractivity contribution in [3.8, 4) is 0 Å². The predicted octanol–water partition coefficient (Wildman–Crippen LogP) is 6.91. The van der Waals surface area contributed by atoms with Crippen LogP contribution in [0.1, 0.15) is 75.0 Å². The number of hydrogen-bond acceptors (Lipinski definition) is 1. The SMILES string of the molecule is CC(C)c1ccc2c(c1)C1(CCCCCC1)c1ccccc1S2. The number of hydrogen-bond donors (Lipinski definition) is 0. The Morgan fingerprint density at radius 3 is 2.26 bits per heavy atom. The van der Waals surface area contributed by atoms with Gasteiger partial charge in [-0.25, -0.2) is 0 Å². The van der Waals surface area contributed by atoms with E-state index in [0.29, 0.717) is 5.92 Å². The summed E-state index contributed by atoms with van der Waals surface area (Å²) in [5.41, 5.74) is 4.97. The average Bonchev–Trinajstić information content (AvgIpc) is 2.82. The Balaban J connectivity index is 1.94. The molecule has 0 atom stereocenters. The van der Waals surface area contributed by atoms with E-state index in [9.17, 15) is 0 Å². The second-order valence-electron chi connectivity index (χ2n) is 7.50. The van der Waals surface area contributed by atoms with Gasteiger partial charge >= 0.3 is 0 Å². The van der Waals surface area contributed by atoms with E-state index in [1.54, 1.807) is 11.1 Å². The van der Waals surface area contributed by atoms with E-state index in [0.717, 1.165) is 0 Å². The van der Waals surface area contributed by atoms with E-state index in [1.807, 2.05) is 11.8 Å². The summed E-state index contributed by atoms with van der Waals surface area (Å²) in [5, 5.41) is 0. The molecular weight excluding hydrogens is 296 g/mol. The van der Waals surface area contributed by atoms with Crippen molar-refractivity contribution in [3.63, 3.8) is 0 Å². The molecule has 0 amide bonds. The molecule has 2 aromatic carbocycles. The molecule has 0 nitrogen and oxygen atoms in total. The van der Waals surface area contributed by atoms with E-state index < -0.39 is 0 Å². The minimum Gasteiger partial charge on any atom is -0.0895 e. The van der Waals surface area contributed by atoms with E-state index >= 15 is 0 Å². The fourth-order valence-electron chi connectivity index (χ4n) is 4.46. The average molecular weight is 323 g/mol. The molecule has 1 aliphatic heterocycles. The summed E-state index contributed by atoms with van der Waals surface area (Å²) < 4.78 is 0. The molecule has 4 rings (SSSR count). The maximum atomic E-state index is 2.54. The van der Waals surface area contributed by atoms with Gasteiger partial charge in [-0.3, -0.25) is 0 Å². The van der Waals surface area contributed by atoms with Gasteiger partial charge in [-0.15, -0.1) is 0 Å². The number of rotatable bonds is 1. The highest BCUT2D eigenvalue weighted by Crippen LogP contribution is 2.55. The van der Waals surface area contributed by atoms with Crippen molar-refractivity contribution in [2.45, 2.75) is 73.5 Å². The van der Waals surface area contributed by atoms with Crippen LogP contribution in [0.4, 0.5) is 0 Å². The molecule has 0 unspecified atom stereocenters. The van der Waals surface area contributed by atoms with Crippen molar-refractivity contribution in [2.24, 2.45) is 0 Å². The molecule has 0 bridgehead atoms. The summed E-state index contributed by atoms with van der Waals surface area (Å²) in [6.07, 6.45) is 8.17. The summed E-state index contributed by atoms with van der Waals surface area (Å²) in [6, 6.07) is 16.4. The lowest BCUT2D eigenvalue weighted by molar-refractivity contribution is 0.428. The van der Waals surface area contributed by atoms with Crippen molar-refractivity contribution < 1.29 is 0 Å². The molecule has 1 heteroatoms. The summed E-state index contributed by atoms with van der Waals surface area (Å²) in [7, 11) is 0. The van der Waals surface area contributed by atoms with Crippen molar-refractivity contribution in [2.75, 3.05) is 0 Å². The summed E-state index contributed by atoms with van der Waals surface area (Å²) in [5.74, 6) is 0.602. The van der Waals surface area contributed by atoms with Gasteiger partial charge < -0.3 is 0 Å². The molecule has 0 N–H and O–H groups in total. The fraction of sp³-hybridized carbons (Fsp3) is 0.455. The van der Waals surface area contributed by atoms with Gasteiger partial charge in [0.15, 0.2) is 0 Å². The third-order valence-electron chi connectivity index (χ3n) is 5.77. The van der Waals surface area contributed by atoms with Crippen LogP contribution in [0.15, 0.2) is 52.3 Å². The Labute approximate surface area is 144 Å². The Kier molecular flexibility index (Phi) is 4.01. The third kappa shape index (κ3) is 2.54. The van der Waals surface area contributed by atoms with Gasteiger partial charge in [0.25, 0.3) is 0 Å². The maximum absolute atomic E-state index is 2.54. The standard InChI is InChI=1S/C22H26S/c1-16(2)17-11-12-21-19(15-17)22(13-7-3-4-8-14-22)18-9-5-6-10-20(18)23-21/h5-6,9-12,15-16H,3-4,7-8,13-14H2,1-2H3. The molecule has 1 saturated carbocycles. The molecule has 1 spiro atoms. The first-order chi connectivity index (χ1) is 11.2. The Bertz CT molecular complexity index is 706. The van der Waals surface area contributed by atoms with Crippen LogP contribution in [0.3, 0.4) is 0 Å². The zero-order valence-electron chi connectivity index (χ0n) is 14.3. The lowest BCUT2D eigenvalue weighted by Gasteiger charge is -2.40. The van der Waals surface area contributed by atoms with Gasteiger partial charge in [-0.05, 0) is 47.6 Å². The molecule has 1 aliphatic carbocycles. The monoisotopic (exact) mass is 322 g/mol. The first-order valence-electron chi connectivity index (χ1n) is 9.12. The topological polar surface area (TPSA) is 0 Å². The van der Waals surface area contributed by atoms with Gasteiger partial charge in [0.05, 0.1) is 0 Å². The van der Waals surface area contributed by atoms with E-state index in [1.165, 1.54) is 53.9 Å². The van der Waals surface area contributed by atoms with Gasteiger partial charge in [0, 0.05) is 15.2 Å². The summed E-state index contributed by atoms with van der Waals surface area (Å²) in [6.45, 7) is 4.62. The van der Waals surface area contributed by atoms with Gasteiger partial charge in [-0.2, -0.15) is 0 Å². The van der Waals surface area contributed by atoms with Gasteiger partial charge in [-0.1, -0.05) is 81.6 Å². The molecule has 2 aromatic rings. The molecule has 1 fully saturated rings. The van der Waals surface area contributed by atoms with Gasteiger partial charge in [0.1, 0.15) is 0 Å². The quantitative estimate of drug-likeness (QED) is 0.549. The largest absolute Gasteiger partial charge is 0.0895 e. The minimum atomic E-state index is 0.262. The van der Waals surface area contributed by atoms with Gasteiger partial charge in [0.2, 0.25) is 0 Å².